The van der Waals surface area contributed by atoms with Gasteiger partial charge in [-0.3, -0.25) is 14.4 Å². The Morgan fingerprint density at radius 2 is 1.70 bits per heavy atom. The molecule has 0 bridgehead atoms. The highest BCUT2D eigenvalue weighted by atomic mass is 16.2. The topological polar surface area (TPSA) is 85.5 Å². The SMILES string of the molecule is CC(=O)c1ccc(NC(=O)Cn2ccn3nc(-c4ccc(C)cc4)cc3c2=O)cc1. The Bertz CT molecular complexity index is 1300. The molecule has 2 aromatic carbocycles. The van der Waals surface area contributed by atoms with E-state index in [0.29, 0.717) is 22.5 Å². The van der Waals surface area contributed by atoms with Gasteiger partial charge in [-0.1, -0.05) is 29.8 Å². The normalized spacial score (nSPS) is 10.9. The summed E-state index contributed by atoms with van der Waals surface area (Å²) in [5.41, 5.74) is 3.98. The molecule has 30 heavy (non-hydrogen) atoms. The molecule has 2 aromatic heterocycles. The first-order chi connectivity index (χ1) is 14.4. The number of anilines is 1. The quantitative estimate of drug-likeness (QED) is 0.521. The lowest BCUT2D eigenvalue weighted by Crippen LogP contribution is -2.28. The zero-order valence-electron chi connectivity index (χ0n) is 16.6. The van der Waals surface area contributed by atoms with E-state index in [4.69, 9.17) is 0 Å². The second kappa shape index (κ2) is 7.79. The van der Waals surface area contributed by atoms with Gasteiger partial charge in [0.15, 0.2) is 5.78 Å². The maximum Gasteiger partial charge on any atom is 0.277 e. The van der Waals surface area contributed by atoms with Crippen molar-refractivity contribution in [3.63, 3.8) is 0 Å². The smallest absolute Gasteiger partial charge is 0.277 e. The lowest BCUT2D eigenvalue weighted by molar-refractivity contribution is -0.116. The Labute approximate surface area is 172 Å². The van der Waals surface area contributed by atoms with E-state index in [-0.39, 0.29) is 23.8 Å². The molecule has 0 spiro atoms. The van der Waals surface area contributed by atoms with Gasteiger partial charge in [0.25, 0.3) is 5.56 Å². The molecule has 4 aromatic rings. The molecule has 2 heterocycles. The minimum absolute atomic E-state index is 0.0430. The molecular weight excluding hydrogens is 380 g/mol. The van der Waals surface area contributed by atoms with E-state index in [9.17, 15) is 14.4 Å². The molecule has 0 aliphatic rings. The van der Waals surface area contributed by atoms with E-state index < -0.39 is 0 Å². The molecule has 1 N–H and O–H groups in total. The maximum absolute atomic E-state index is 12.8. The van der Waals surface area contributed by atoms with Gasteiger partial charge in [-0.25, -0.2) is 4.52 Å². The average Bonchev–Trinajstić information content (AvgIpc) is 3.16. The molecule has 0 radical (unpaired) electrons. The number of fused-ring (bicyclic) bond motifs is 1. The zero-order chi connectivity index (χ0) is 21.3. The van der Waals surface area contributed by atoms with Gasteiger partial charge in [0.05, 0.1) is 5.69 Å². The number of Topliss-reactive ketones (excluding diaryl/α,β-unsaturated/α-hetero) is 1. The van der Waals surface area contributed by atoms with Crippen molar-refractivity contribution >= 4 is 22.9 Å². The molecule has 4 rings (SSSR count). The number of carbonyl (C=O) groups excluding carboxylic acids is 2. The first kappa shape index (κ1) is 19.3. The fourth-order valence-electron chi connectivity index (χ4n) is 3.16. The summed E-state index contributed by atoms with van der Waals surface area (Å²) in [6, 6.07) is 16.2. The first-order valence-electron chi connectivity index (χ1n) is 9.47. The molecule has 7 nitrogen and oxygen atoms in total. The maximum atomic E-state index is 12.8. The lowest BCUT2D eigenvalue weighted by Gasteiger charge is -2.08. The third kappa shape index (κ3) is 3.91. The number of aryl methyl sites for hydroxylation is 1. The van der Waals surface area contributed by atoms with Crippen LogP contribution in [0.2, 0.25) is 0 Å². The summed E-state index contributed by atoms with van der Waals surface area (Å²) in [6.07, 6.45) is 3.20. The average molecular weight is 400 g/mol. The first-order valence-corrected chi connectivity index (χ1v) is 9.47. The second-order valence-electron chi connectivity index (χ2n) is 7.14. The van der Waals surface area contributed by atoms with Crippen LogP contribution in [0.1, 0.15) is 22.8 Å². The Morgan fingerprint density at radius 3 is 2.37 bits per heavy atom. The standard InChI is InChI=1S/C23H20N4O3/c1-15-3-5-18(6-4-15)20-13-21-23(30)26(11-12-27(21)25-20)14-22(29)24-19-9-7-17(8-10-19)16(2)28/h3-13H,14H2,1-2H3,(H,24,29). The molecule has 0 fully saturated rings. The van der Waals surface area contributed by atoms with E-state index in [1.165, 1.54) is 16.0 Å². The van der Waals surface area contributed by atoms with Crippen LogP contribution in [0.25, 0.3) is 16.8 Å². The van der Waals surface area contributed by atoms with E-state index in [0.717, 1.165) is 11.1 Å². The van der Waals surface area contributed by atoms with Crippen LogP contribution in [0.4, 0.5) is 5.69 Å². The van der Waals surface area contributed by atoms with Gasteiger partial charge in [0.1, 0.15) is 12.1 Å². The summed E-state index contributed by atoms with van der Waals surface area (Å²) >= 11 is 0. The van der Waals surface area contributed by atoms with Crippen molar-refractivity contribution in [3.8, 4) is 11.3 Å². The molecule has 0 saturated carbocycles. The van der Waals surface area contributed by atoms with Crippen molar-refractivity contribution in [2.45, 2.75) is 20.4 Å². The van der Waals surface area contributed by atoms with E-state index in [1.807, 2.05) is 31.2 Å². The number of ketones is 1. The number of nitrogens with zero attached hydrogens (tertiary/aromatic N) is 3. The van der Waals surface area contributed by atoms with Gasteiger partial charge >= 0.3 is 0 Å². The lowest BCUT2D eigenvalue weighted by atomic mass is 10.1. The number of amides is 1. The number of rotatable bonds is 5. The van der Waals surface area contributed by atoms with Crippen LogP contribution in [-0.2, 0) is 11.3 Å². The van der Waals surface area contributed by atoms with Crippen LogP contribution in [0.3, 0.4) is 0 Å². The van der Waals surface area contributed by atoms with Crippen LogP contribution in [0.15, 0.2) is 71.8 Å². The predicted molar refractivity (Wildman–Crippen MR) is 115 cm³/mol. The predicted octanol–water partition coefficient (Wildman–Crippen LogP) is 3.31. The number of carbonyl (C=O) groups is 2. The summed E-state index contributed by atoms with van der Waals surface area (Å²) in [5, 5.41) is 7.19. The van der Waals surface area contributed by atoms with Gasteiger partial charge in [-0.15, -0.1) is 0 Å². The monoisotopic (exact) mass is 400 g/mol. The van der Waals surface area contributed by atoms with Gasteiger partial charge in [0.2, 0.25) is 5.91 Å². The number of hydrogen-bond donors (Lipinski definition) is 1. The van der Waals surface area contributed by atoms with Gasteiger partial charge in [-0.2, -0.15) is 5.10 Å². The number of hydrogen-bond acceptors (Lipinski definition) is 4. The molecule has 7 heteroatoms. The number of nitrogens with one attached hydrogen (secondary N) is 1. The summed E-state index contributed by atoms with van der Waals surface area (Å²) in [5.74, 6) is -0.381. The minimum atomic E-state index is -0.338. The third-order valence-corrected chi connectivity index (χ3v) is 4.84. The fraction of sp³-hybridized carbons (Fsp3) is 0.130. The van der Waals surface area contributed by atoms with E-state index >= 15 is 0 Å². The van der Waals surface area contributed by atoms with E-state index in [2.05, 4.69) is 10.4 Å². The summed E-state index contributed by atoms with van der Waals surface area (Å²) in [6.45, 7) is 3.36. The van der Waals surface area contributed by atoms with Crippen molar-refractivity contribution in [1.82, 2.24) is 14.2 Å². The fourth-order valence-corrected chi connectivity index (χ4v) is 3.16. The van der Waals surface area contributed by atoms with E-state index in [1.54, 1.807) is 42.7 Å². The third-order valence-electron chi connectivity index (χ3n) is 4.84. The van der Waals surface area contributed by atoms with Crippen molar-refractivity contribution in [2.75, 3.05) is 5.32 Å². The Hall–Kier alpha value is -4.00. The Balaban J connectivity index is 1.54. The molecule has 0 atom stereocenters. The molecule has 0 saturated heterocycles. The van der Waals surface area contributed by atoms with Crippen LogP contribution in [-0.4, -0.2) is 25.9 Å². The number of aromatic nitrogens is 3. The van der Waals surface area contributed by atoms with Crippen LogP contribution < -0.4 is 10.9 Å². The van der Waals surface area contributed by atoms with Crippen molar-refractivity contribution in [2.24, 2.45) is 0 Å². The highest BCUT2D eigenvalue weighted by Crippen LogP contribution is 2.19. The highest BCUT2D eigenvalue weighted by Gasteiger charge is 2.11. The minimum Gasteiger partial charge on any atom is -0.325 e. The van der Waals surface area contributed by atoms with Crippen LogP contribution >= 0.6 is 0 Å². The molecule has 150 valence electrons. The van der Waals surface area contributed by atoms with Gasteiger partial charge in [0, 0.05) is 29.2 Å². The Kier molecular flexibility index (Phi) is 5.02. The van der Waals surface area contributed by atoms with Crippen LogP contribution in [0, 0.1) is 6.92 Å². The summed E-state index contributed by atoms with van der Waals surface area (Å²) in [4.78, 5) is 36.5. The largest absolute Gasteiger partial charge is 0.325 e. The molecule has 0 aliphatic carbocycles. The number of benzene rings is 2. The van der Waals surface area contributed by atoms with Crippen molar-refractivity contribution < 1.29 is 9.59 Å². The van der Waals surface area contributed by atoms with Crippen molar-refractivity contribution in [1.29, 1.82) is 0 Å². The van der Waals surface area contributed by atoms with Gasteiger partial charge < -0.3 is 9.88 Å². The molecule has 0 aliphatic heterocycles. The van der Waals surface area contributed by atoms with Crippen LogP contribution in [0.5, 0.6) is 0 Å². The zero-order valence-corrected chi connectivity index (χ0v) is 16.6. The Morgan fingerprint density at radius 1 is 1.00 bits per heavy atom. The van der Waals surface area contributed by atoms with Gasteiger partial charge in [-0.05, 0) is 44.2 Å². The summed E-state index contributed by atoms with van der Waals surface area (Å²) < 4.78 is 2.86. The second-order valence-corrected chi connectivity index (χ2v) is 7.14. The molecule has 1 amide bonds. The molecular formula is C23H20N4O3. The van der Waals surface area contributed by atoms with Crippen molar-refractivity contribution in [3.05, 3.63) is 88.5 Å². The summed E-state index contributed by atoms with van der Waals surface area (Å²) in [7, 11) is 0. The molecule has 0 unspecified atom stereocenters. The highest BCUT2D eigenvalue weighted by molar-refractivity contribution is 5.95.